The Bertz CT molecular complexity index is 1420. The van der Waals surface area contributed by atoms with E-state index in [9.17, 15) is 41.0 Å². The summed E-state index contributed by atoms with van der Waals surface area (Å²) in [6, 6.07) is 9.27. The molecule has 0 aliphatic heterocycles. The van der Waals surface area contributed by atoms with Crippen LogP contribution in [0.3, 0.4) is 0 Å². The van der Waals surface area contributed by atoms with Gasteiger partial charge in [0.15, 0.2) is 17.7 Å². The van der Waals surface area contributed by atoms with Crippen LogP contribution in [0.1, 0.15) is 23.5 Å². The van der Waals surface area contributed by atoms with Crippen molar-refractivity contribution in [1.82, 2.24) is 14.3 Å². The van der Waals surface area contributed by atoms with E-state index < -0.39 is 66.8 Å². The van der Waals surface area contributed by atoms with Gasteiger partial charge in [-0.1, -0.05) is 35.0 Å². The maximum Gasteiger partial charge on any atom is 0.416 e. The zero-order valence-corrected chi connectivity index (χ0v) is 20.4. The van der Waals surface area contributed by atoms with Gasteiger partial charge in [0.1, 0.15) is 12.4 Å². The Morgan fingerprint density at radius 2 is 1.74 bits per heavy atom. The number of carbonyl (C=O) groups is 1. The molecule has 210 valence electrons. The first-order valence-corrected chi connectivity index (χ1v) is 11.3. The van der Waals surface area contributed by atoms with Crippen LogP contribution in [0.4, 0.5) is 26.3 Å². The second-order valence-electron chi connectivity index (χ2n) is 8.38. The van der Waals surface area contributed by atoms with E-state index in [-0.39, 0.29) is 22.0 Å². The van der Waals surface area contributed by atoms with E-state index in [0.29, 0.717) is 15.3 Å². The number of carbonyl (C=O) groups excluding carboxylic acids is 1. The Labute approximate surface area is 220 Å². The average molecular weight is 580 g/mol. The molecule has 0 saturated heterocycles. The van der Waals surface area contributed by atoms with Gasteiger partial charge in [0.25, 0.3) is 0 Å². The van der Waals surface area contributed by atoms with Crippen molar-refractivity contribution in [3.63, 3.8) is 0 Å². The second-order valence-corrected chi connectivity index (χ2v) is 8.82. The fraction of sp³-hybridized carbons (Fsp3) is 0.304. The van der Waals surface area contributed by atoms with Crippen LogP contribution in [0.2, 0.25) is 5.02 Å². The molecule has 0 aliphatic rings. The smallest absolute Gasteiger partial charge is 0.409 e. The quantitative estimate of drug-likeness (QED) is 0.116. The summed E-state index contributed by atoms with van der Waals surface area (Å²) in [7, 11) is 0. The summed E-state index contributed by atoms with van der Waals surface area (Å²) in [5.41, 5.74) is 3.45. The molecule has 16 heteroatoms. The van der Waals surface area contributed by atoms with E-state index in [2.05, 4.69) is 10.3 Å². The van der Waals surface area contributed by atoms with Gasteiger partial charge in [-0.05, 0) is 35.9 Å². The molecule has 1 aromatic heterocycles. The number of aliphatic hydroxyl groups is 1. The number of aliphatic hydroxyl groups excluding tert-OH is 1. The van der Waals surface area contributed by atoms with Crippen molar-refractivity contribution in [2.75, 3.05) is 0 Å². The van der Waals surface area contributed by atoms with Gasteiger partial charge >= 0.3 is 18.0 Å². The van der Waals surface area contributed by atoms with Gasteiger partial charge in [0.2, 0.25) is 0 Å². The molecule has 0 fully saturated rings. The number of oxime groups is 1. The lowest BCUT2D eigenvalue weighted by Gasteiger charge is -2.17. The molecule has 0 radical (unpaired) electrons. The van der Waals surface area contributed by atoms with E-state index in [1.165, 1.54) is 30.3 Å². The Morgan fingerprint density at radius 1 is 1.10 bits per heavy atom. The minimum absolute atomic E-state index is 0.110. The Kier molecular flexibility index (Phi) is 8.75. The van der Waals surface area contributed by atoms with Crippen LogP contribution < -0.4 is 11.4 Å². The van der Waals surface area contributed by atoms with Crippen LogP contribution in [-0.2, 0) is 24.1 Å². The summed E-state index contributed by atoms with van der Waals surface area (Å²) in [6.45, 7) is -2.05. The summed E-state index contributed by atoms with van der Waals surface area (Å²) in [4.78, 5) is 25.8. The minimum Gasteiger partial charge on any atom is -0.409 e. The van der Waals surface area contributed by atoms with Crippen molar-refractivity contribution in [3.8, 4) is 11.4 Å². The van der Waals surface area contributed by atoms with Crippen molar-refractivity contribution >= 4 is 23.2 Å². The van der Waals surface area contributed by atoms with Crippen molar-refractivity contribution in [2.24, 2.45) is 10.9 Å². The topological polar surface area (TPSA) is 136 Å². The van der Waals surface area contributed by atoms with Crippen LogP contribution in [0.15, 0.2) is 58.5 Å². The molecule has 0 bridgehead atoms. The van der Waals surface area contributed by atoms with Crippen LogP contribution in [0, 0.1) is 0 Å². The standard InChI is InChI=1S/C23H20ClF6N5O4/c24-15-6-4-12(5-7-15)20-32-35(21(38)34(20)11-18(37)23(28,29)30)10-16(36)9-17(19(31)33-39)13-2-1-3-14(8-13)22(25,26)27/h1-8,17-18,37,39H,9-11H2,(H2,31,33)/t17?,18-/m0/s1. The number of nitrogens with zero attached hydrogens (tertiary/aromatic N) is 4. The molecule has 1 heterocycles. The fourth-order valence-electron chi connectivity index (χ4n) is 3.65. The SMILES string of the molecule is N/C(=N\O)C(CC(=O)Cn1nc(-c2ccc(Cl)cc2)n(C[C@H](O)C(F)(F)F)c1=O)c1cccc(C(F)(F)F)c1. The number of rotatable bonds is 9. The van der Waals surface area contributed by atoms with E-state index in [1.807, 2.05) is 0 Å². The number of benzene rings is 2. The molecule has 2 aromatic carbocycles. The molecule has 0 amide bonds. The van der Waals surface area contributed by atoms with E-state index in [0.717, 1.165) is 12.1 Å². The number of amidine groups is 1. The highest BCUT2D eigenvalue weighted by molar-refractivity contribution is 6.30. The van der Waals surface area contributed by atoms with Crippen molar-refractivity contribution < 1.29 is 41.5 Å². The van der Waals surface area contributed by atoms with Gasteiger partial charge in [-0.3, -0.25) is 9.36 Å². The zero-order valence-electron chi connectivity index (χ0n) is 19.6. The summed E-state index contributed by atoms with van der Waals surface area (Å²) < 4.78 is 79.6. The predicted octanol–water partition coefficient (Wildman–Crippen LogP) is 3.80. The zero-order chi connectivity index (χ0) is 29.1. The van der Waals surface area contributed by atoms with Crippen LogP contribution in [-0.4, -0.2) is 48.6 Å². The number of hydrogen-bond acceptors (Lipinski definition) is 6. The first kappa shape index (κ1) is 29.7. The molecule has 3 rings (SSSR count). The molecule has 39 heavy (non-hydrogen) atoms. The van der Waals surface area contributed by atoms with Crippen molar-refractivity contribution in [2.45, 2.75) is 43.9 Å². The molecule has 0 saturated carbocycles. The molecule has 9 nitrogen and oxygen atoms in total. The fourth-order valence-corrected chi connectivity index (χ4v) is 3.78. The van der Waals surface area contributed by atoms with Gasteiger partial charge in [-0.15, -0.1) is 5.10 Å². The van der Waals surface area contributed by atoms with Crippen LogP contribution >= 0.6 is 11.6 Å². The summed E-state index contributed by atoms with van der Waals surface area (Å²) >= 11 is 5.83. The lowest BCUT2D eigenvalue weighted by Crippen LogP contribution is -2.37. The Balaban J connectivity index is 1.96. The molecule has 3 aromatic rings. The van der Waals surface area contributed by atoms with Gasteiger partial charge in [0.05, 0.1) is 18.0 Å². The average Bonchev–Trinajstić information content (AvgIpc) is 3.16. The number of alkyl halides is 6. The largest absolute Gasteiger partial charge is 0.416 e. The van der Waals surface area contributed by atoms with Crippen molar-refractivity contribution in [1.29, 1.82) is 0 Å². The lowest BCUT2D eigenvalue weighted by molar-refractivity contribution is -0.207. The van der Waals surface area contributed by atoms with E-state index >= 15 is 0 Å². The molecule has 1 unspecified atom stereocenters. The highest BCUT2D eigenvalue weighted by atomic mass is 35.5. The monoisotopic (exact) mass is 579 g/mol. The molecular weight excluding hydrogens is 560 g/mol. The first-order valence-electron chi connectivity index (χ1n) is 11.0. The number of nitrogens with two attached hydrogens (primary N) is 1. The molecule has 0 aliphatic carbocycles. The minimum atomic E-state index is -5.06. The third-order valence-electron chi connectivity index (χ3n) is 5.61. The van der Waals surface area contributed by atoms with Crippen LogP contribution in [0.25, 0.3) is 11.4 Å². The van der Waals surface area contributed by atoms with Gasteiger partial charge < -0.3 is 16.0 Å². The van der Waals surface area contributed by atoms with E-state index in [1.54, 1.807) is 0 Å². The number of ketones is 1. The predicted molar refractivity (Wildman–Crippen MR) is 126 cm³/mol. The highest BCUT2D eigenvalue weighted by Crippen LogP contribution is 2.32. The Hall–Kier alpha value is -3.85. The van der Waals surface area contributed by atoms with E-state index in [4.69, 9.17) is 22.5 Å². The summed E-state index contributed by atoms with van der Waals surface area (Å²) in [6.07, 6.45) is -13.3. The van der Waals surface area contributed by atoms with Gasteiger partial charge in [0, 0.05) is 17.0 Å². The molecule has 0 spiro atoms. The molecule has 4 N–H and O–H groups in total. The second kappa shape index (κ2) is 11.5. The third kappa shape index (κ3) is 7.17. The highest BCUT2D eigenvalue weighted by Gasteiger charge is 2.39. The molecule has 2 atom stereocenters. The Morgan fingerprint density at radius 3 is 2.31 bits per heavy atom. The third-order valence-corrected chi connectivity index (χ3v) is 5.86. The summed E-state index contributed by atoms with van der Waals surface area (Å²) in [5, 5.41) is 25.7. The maximum absolute atomic E-state index is 13.2. The summed E-state index contributed by atoms with van der Waals surface area (Å²) in [5.74, 6) is -3.05. The van der Waals surface area contributed by atoms with Crippen molar-refractivity contribution in [3.05, 3.63) is 75.2 Å². The van der Waals surface area contributed by atoms with Crippen LogP contribution in [0.5, 0.6) is 0 Å². The first-order chi connectivity index (χ1) is 18.1. The normalized spacial score (nSPS) is 14.3. The number of halogens is 7. The number of hydrogen-bond donors (Lipinski definition) is 3. The molecular formula is C23H20ClF6N5O4. The number of aromatic nitrogens is 3. The maximum atomic E-state index is 13.2. The van der Waals surface area contributed by atoms with Gasteiger partial charge in [-0.2, -0.15) is 26.3 Å². The number of Topliss-reactive ketones (excluding diaryl/α,β-unsaturated/α-hetero) is 1. The lowest BCUT2D eigenvalue weighted by atomic mass is 9.91. The van der Waals surface area contributed by atoms with Gasteiger partial charge in [-0.25, -0.2) is 9.48 Å².